The Balaban J connectivity index is 2.27. The van der Waals surface area contributed by atoms with Crippen molar-refractivity contribution in [1.82, 2.24) is 4.98 Å². The fourth-order valence-electron chi connectivity index (χ4n) is 1.45. The maximum Gasteiger partial charge on any atom is 0.140 e. The monoisotopic (exact) mass is 158 g/mol. The lowest BCUT2D eigenvalue weighted by Gasteiger charge is -2.24. The third-order valence-corrected chi connectivity index (χ3v) is 2.41. The molecule has 1 aromatic rings. The molecule has 0 spiro atoms. The van der Waals surface area contributed by atoms with Crippen LogP contribution < -0.4 is 0 Å². The van der Waals surface area contributed by atoms with Crippen molar-refractivity contribution in [3.05, 3.63) is 29.6 Å². The zero-order valence-corrected chi connectivity index (χ0v) is 6.83. The molecule has 1 fully saturated rings. The summed E-state index contributed by atoms with van der Waals surface area (Å²) in [5.41, 5.74) is 1.64. The Labute approximate surface area is 71.9 Å². The third kappa shape index (κ3) is 1.18. The van der Waals surface area contributed by atoms with Gasteiger partial charge in [-0.25, -0.2) is 4.98 Å². The van der Waals surface area contributed by atoms with Crippen LogP contribution in [0.3, 0.4) is 0 Å². The lowest BCUT2D eigenvalue weighted by molar-refractivity contribution is 0.411. The van der Waals surface area contributed by atoms with E-state index in [-0.39, 0.29) is 0 Å². The summed E-state index contributed by atoms with van der Waals surface area (Å²) in [6, 6.07) is 7.75. The highest BCUT2D eigenvalue weighted by Crippen LogP contribution is 2.34. The van der Waals surface area contributed by atoms with Crippen molar-refractivity contribution in [2.45, 2.75) is 25.2 Å². The molecular formula is C10H10N2. The molecule has 0 radical (unpaired) electrons. The molecule has 1 saturated carbocycles. The first-order valence-corrected chi connectivity index (χ1v) is 4.27. The lowest BCUT2D eigenvalue weighted by Crippen LogP contribution is -2.10. The molecule has 60 valence electrons. The predicted molar refractivity (Wildman–Crippen MR) is 45.5 cm³/mol. The highest BCUT2D eigenvalue weighted by molar-refractivity contribution is 5.24. The molecule has 1 heterocycles. The van der Waals surface area contributed by atoms with Gasteiger partial charge in [0.05, 0.1) is 0 Å². The van der Waals surface area contributed by atoms with Gasteiger partial charge in [0.15, 0.2) is 0 Å². The summed E-state index contributed by atoms with van der Waals surface area (Å²) in [7, 11) is 0. The lowest BCUT2D eigenvalue weighted by atomic mass is 9.83. The van der Waals surface area contributed by atoms with Crippen LogP contribution in [0.15, 0.2) is 18.2 Å². The molecule has 2 rings (SSSR count). The van der Waals surface area contributed by atoms with Gasteiger partial charge in [-0.1, -0.05) is 12.5 Å². The molecule has 0 aliphatic heterocycles. The molecule has 0 N–H and O–H groups in total. The maximum atomic E-state index is 8.62. The van der Waals surface area contributed by atoms with E-state index in [0.29, 0.717) is 11.6 Å². The van der Waals surface area contributed by atoms with Crippen LogP contribution in [0, 0.1) is 11.3 Å². The molecule has 0 bridgehead atoms. The minimum atomic E-state index is 0.541. The van der Waals surface area contributed by atoms with Gasteiger partial charge >= 0.3 is 0 Å². The Morgan fingerprint density at radius 3 is 2.83 bits per heavy atom. The van der Waals surface area contributed by atoms with E-state index in [1.165, 1.54) is 19.3 Å². The maximum absolute atomic E-state index is 8.62. The second kappa shape index (κ2) is 2.94. The smallest absolute Gasteiger partial charge is 0.140 e. The van der Waals surface area contributed by atoms with Crippen LogP contribution in [0.2, 0.25) is 0 Å². The number of rotatable bonds is 1. The number of pyridine rings is 1. The summed E-state index contributed by atoms with van der Waals surface area (Å²) in [6.45, 7) is 0. The molecule has 1 aromatic heterocycles. The van der Waals surface area contributed by atoms with Gasteiger partial charge in [0, 0.05) is 11.6 Å². The highest BCUT2D eigenvalue weighted by Gasteiger charge is 2.20. The normalized spacial score (nSPS) is 16.6. The van der Waals surface area contributed by atoms with E-state index in [1.54, 1.807) is 6.07 Å². The van der Waals surface area contributed by atoms with Crippen molar-refractivity contribution in [2.75, 3.05) is 0 Å². The van der Waals surface area contributed by atoms with Crippen LogP contribution in [0.5, 0.6) is 0 Å². The number of aromatic nitrogens is 1. The van der Waals surface area contributed by atoms with E-state index < -0.39 is 0 Å². The Hall–Kier alpha value is -1.36. The third-order valence-electron chi connectivity index (χ3n) is 2.41. The molecule has 0 amide bonds. The molecule has 0 unspecified atom stereocenters. The minimum absolute atomic E-state index is 0.541. The van der Waals surface area contributed by atoms with Crippen LogP contribution in [0.4, 0.5) is 0 Å². The summed E-state index contributed by atoms with van der Waals surface area (Å²) < 4.78 is 0. The first kappa shape index (κ1) is 7.30. The topological polar surface area (TPSA) is 36.7 Å². The van der Waals surface area contributed by atoms with Gasteiger partial charge < -0.3 is 0 Å². The number of hydrogen-bond donors (Lipinski definition) is 0. The quantitative estimate of drug-likeness (QED) is 0.628. The summed E-state index contributed by atoms with van der Waals surface area (Å²) >= 11 is 0. The van der Waals surface area contributed by atoms with Crippen molar-refractivity contribution < 1.29 is 0 Å². The first-order valence-electron chi connectivity index (χ1n) is 4.27. The number of hydrogen-bond acceptors (Lipinski definition) is 2. The molecule has 1 aliphatic carbocycles. The summed E-state index contributed by atoms with van der Waals surface area (Å²) in [4.78, 5) is 4.25. The van der Waals surface area contributed by atoms with E-state index >= 15 is 0 Å². The van der Waals surface area contributed by atoms with E-state index in [1.807, 2.05) is 12.1 Å². The van der Waals surface area contributed by atoms with Crippen LogP contribution in [0.1, 0.15) is 36.6 Å². The van der Waals surface area contributed by atoms with Crippen LogP contribution in [-0.4, -0.2) is 4.98 Å². The summed E-state index contributed by atoms with van der Waals surface area (Å²) in [5.74, 6) is 0.623. The molecule has 12 heavy (non-hydrogen) atoms. The van der Waals surface area contributed by atoms with E-state index in [9.17, 15) is 0 Å². The zero-order chi connectivity index (χ0) is 8.39. The van der Waals surface area contributed by atoms with Crippen molar-refractivity contribution in [1.29, 1.82) is 5.26 Å². The second-order valence-corrected chi connectivity index (χ2v) is 3.19. The van der Waals surface area contributed by atoms with Crippen LogP contribution in [0.25, 0.3) is 0 Å². The van der Waals surface area contributed by atoms with Gasteiger partial charge in [0.1, 0.15) is 11.8 Å². The largest absolute Gasteiger partial charge is 0.242 e. The Morgan fingerprint density at radius 2 is 2.25 bits per heavy atom. The standard InChI is InChI=1S/C10H10N2/c11-7-9-5-2-6-10(12-9)8-3-1-4-8/h2,5-6,8H,1,3-4H2. The SMILES string of the molecule is N#Cc1cccc(C2CCC2)n1. The van der Waals surface area contributed by atoms with Crippen molar-refractivity contribution in [2.24, 2.45) is 0 Å². The van der Waals surface area contributed by atoms with Crippen molar-refractivity contribution in [3.63, 3.8) is 0 Å². The van der Waals surface area contributed by atoms with Crippen molar-refractivity contribution >= 4 is 0 Å². The number of nitrogens with zero attached hydrogens (tertiary/aromatic N) is 2. The summed E-state index contributed by atoms with van der Waals surface area (Å²) in [6.07, 6.45) is 3.78. The number of nitriles is 1. The Kier molecular flexibility index (Phi) is 1.79. The molecule has 2 nitrogen and oxygen atoms in total. The van der Waals surface area contributed by atoms with Gasteiger partial charge in [-0.05, 0) is 25.0 Å². The van der Waals surface area contributed by atoms with Gasteiger partial charge in [-0.15, -0.1) is 0 Å². The highest BCUT2D eigenvalue weighted by atomic mass is 14.7. The van der Waals surface area contributed by atoms with Crippen LogP contribution in [-0.2, 0) is 0 Å². The molecule has 2 heteroatoms. The second-order valence-electron chi connectivity index (χ2n) is 3.19. The van der Waals surface area contributed by atoms with Crippen LogP contribution >= 0.6 is 0 Å². The first-order chi connectivity index (χ1) is 5.90. The predicted octanol–water partition coefficient (Wildman–Crippen LogP) is 2.22. The average Bonchev–Trinajstić information content (AvgIpc) is 2.02. The van der Waals surface area contributed by atoms with Gasteiger partial charge in [0.2, 0.25) is 0 Å². The van der Waals surface area contributed by atoms with E-state index in [2.05, 4.69) is 11.1 Å². The van der Waals surface area contributed by atoms with E-state index in [0.717, 1.165) is 5.69 Å². The van der Waals surface area contributed by atoms with Gasteiger partial charge in [-0.2, -0.15) is 5.26 Å². The average molecular weight is 158 g/mol. The minimum Gasteiger partial charge on any atom is -0.242 e. The van der Waals surface area contributed by atoms with E-state index in [4.69, 9.17) is 5.26 Å². The molecular weight excluding hydrogens is 148 g/mol. The molecule has 0 saturated heterocycles. The Bertz CT molecular complexity index is 321. The van der Waals surface area contributed by atoms with Gasteiger partial charge in [0.25, 0.3) is 0 Å². The Morgan fingerprint density at radius 1 is 1.42 bits per heavy atom. The van der Waals surface area contributed by atoms with Crippen molar-refractivity contribution in [3.8, 4) is 6.07 Å². The fourth-order valence-corrected chi connectivity index (χ4v) is 1.45. The fraction of sp³-hybridized carbons (Fsp3) is 0.400. The molecule has 0 aromatic carbocycles. The zero-order valence-electron chi connectivity index (χ0n) is 6.83. The molecule has 0 atom stereocenters. The summed E-state index contributed by atoms with van der Waals surface area (Å²) in [5, 5.41) is 8.62. The van der Waals surface area contributed by atoms with Gasteiger partial charge in [-0.3, -0.25) is 0 Å². The molecule has 1 aliphatic rings.